The SMILES string of the molecule is C[C@@H]1COc2ccccc2CCCCC2(CCN(C(=O)Cc3cc(Cl)c4c(c3)OCCO4)CC2)C(=O)N1. The molecule has 0 saturated carbocycles. The molecule has 3 aliphatic rings. The maximum atomic E-state index is 13.5. The van der Waals surface area contributed by atoms with E-state index in [9.17, 15) is 9.59 Å². The molecule has 1 fully saturated rings. The third-order valence-electron chi connectivity index (χ3n) is 7.76. The number of aryl methyl sites for hydroxylation is 1. The van der Waals surface area contributed by atoms with Crippen molar-refractivity contribution in [2.75, 3.05) is 32.9 Å². The van der Waals surface area contributed by atoms with E-state index in [1.54, 1.807) is 6.07 Å². The van der Waals surface area contributed by atoms with Crippen LogP contribution in [0.2, 0.25) is 5.02 Å². The van der Waals surface area contributed by atoms with Gasteiger partial charge in [-0.3, -0.25) is 9.59 Å². The molecule has 1 N–H and O–H groups in total. The highest BCUT2D eigenvalue weighted by Crippen LogP contribution is 2.40. The van der Waals surface area contributed by atoms with E-state index in [1.807, 2.05) is 36.1 Å². The number of hydrogen-bond donors (Lipinski definition) is 1. The van der Waals surface area contributed by atoms with E-state index in [0.717, 1.165) is 37.0 Å². The summed E-state index contributed by atoms with van der Waals surface area (Å²) >= 11 is 6.36. The zero-order chi connectivity index (χ0) is 25.8. The molecule has 0 unspecified atom stereocenters. The monoisotopic (exact) mass is 526 g/mol. The molecule has 3 aliphatic heterocycles. The van der Waals surface area contributed by atoms with Crippen molar-refractivity contribution in [2.45, 2.75) is 57.9 Å². The number of carbonyl (C=O) groups excluding carboxylic acids is 2. The first-order valence-electron chi connectivity index (χ1n) is 13.3. The zero-order valence-corrected chi connectivity index (χ0v) is 22.1. The van der Waals surface area contributed by atoms with Crippen LogP contribution >= 0.6 is 11.6 Å². The molecular weight excluding hydrogens is 492 g/mol. The molecule has 0 radical (unpaired) electrons. The van der Waals surface area contributed by atoms with Gasteiger partial charge in [-0.25, -0.2) is 0 Å². The van der Waals surface area contributed by atoms with Gasteiger partial charge in [0.25, 0.3) is 0 Å². The van der Waals surface area contributed by atoms with Crippen LogP contribution in [0.25, 0.3) is 0 Å². The van der Waals surface area contributed by atoms with Gasteiger partial charge in [0, 0.05) is 13.1 Å². The summed E-state index contributed by atoms with van der Waals surface area (Å²) in [5.74, 6) is 2.16. The number of amides is 2. The van der Waals surface area contributed by atoms with Crippen LogP contribution in [-0.2, 0) is 22.4 Å². The normalized spacial score (nSPS) is 21.6. The smallest absolute Gasteiger partial charge is 0.226 e. The standard InChI is InChI=1S/C29H35ClN2O5/c1-20-19-37-24-8-3-2-6-22(24)7-4-5-9-29(28(34)31-20)10-12-32(13-11-29)26(33)18-21-16-23(30)27-25(17-21)35-14-15-36-27/h2-3,6,8,16-17,20H,4-5,7,9-15,18-19H2,1H3,(H,31,34)/t20-/m1/s1. The molecular formula is C29H35ClN2O5. The molecule has 1 atom stereocenters. The van der Waals surface area contributed by atoms with Crippen LogP contribution in [0.15, 0.2) is 36.4 Å². The minimum atomic E-state index is -0.454. The third-order valence-corrected chi connectivity index (χ3v) is 8.04. The van der Waals surface area contributed by atoms with Gasteiger partial charge in [-0.1, -0.05) is 36.2 Å². The number of nitrogens with zero attached hydrogens (tertiary/aromatic N) is 1. The van der Waals surface area contributed by atoms with E-state index >= 15 is 0 Å². The highest BCUT2D eigenvalue weighted by atomic mass is 35.5. The molecule has 1 spiro atoms. The average Bonchev–Trinajstić information content (AvgIpc) is 2.90. The molecule has 3 heterocycles. The van der Waals surface area contributed by atoms with Crippen LogP contribution in [0.3, 0.4) is 0 Å². The Labute approximate surface area is 223 Å². The molecule has 7 nitrogen and oxygen atoms in total. The highest BCUT2D eigenvalue weighted by molar-refractivity contribution is 6.32. The lowest BCUT2D eigenvalue weighted by Gasteiger charge is -2.41. The van der Waals surface area contributed by atoms with Gasteiger partial charge in [0.2, 0.25) is 11.8 Å². The first-order chi connectivity index (χ1) is 17.9. The average molecular weight is 527 g/mol. The second kappa shape index (κ2) is 11.2. The fourth-order valence-electron chi connectivity index (χ4n) is 5.59. The molecule has 2 aromatic rings. The maximum absolute atomic E-state index is 13.5. The molecule has 2 aromatic carbocycles. The van der Waals surface area contributed by atoms with Crippen molar-refractivity contribution in [1.82, 2.24) is 10.2 Å². The summed E-state index contributed by atoms with van der Waals surface area (Å²) in [5, 5.41) is 3.66. The molecule has 37 heavy (non-hydrogen) atoms. The van der Waals surface area contributed by atoms with Crippen molar-refractivity contribution >= 4 is 23.4 Å². The first-order valence-corrected chi connectivity index (χ1v) is 13.7. The second-order valence-corrected chi connectivity index (χ2v) is 10.8. The van der Waals surface area contributed by atoms with Crippen LogP contribution < -0.4 is 19.5 Å². The van der Waals surface area contributed by atoms with Crippen molar-refractivity contribution in [1.29, 1.82) is 0 Å². The van der Waals surface area contributed by atoms with Crippen LogP contribution in [0.5, 0.6) is 17.2 Å². The molecule has 0 aliphatic carbocycles. The number of para-hydroxylation sites is 1. The summed E-state index contributed by atoms with van der Waals surface area (Å²) in [7, 11) is 0. The van der Waals surface area contributed by atoms with Gasteiger partial charge in [0.15, 0.2) is 11.5 Å². The number of carbonyl (C=O) groups is 2. The third kappa shape index (κ3) is 5.82. The van der Waals surface area contributed by atoms with Gasteiger partial charge in [0.05, 0.1) is 22.9 Å². The van der Waals surface area contributed by atoms with Crippen molar-refractivity contribution in [3.8, 4) is 17.2 Å². The fraction of sp³-hybridized carbons (Fsp3) is 0.517. The number of nitrogens with one attached hydrogen (secondary N) is 1. The molecule has 8 heteroatoms. The Hall–Kier alpha value is -2.93. The van der Waals surface area contributed by atoms with Gasteiger partial charge in [-0.2, -0.15) is 0 Å². The Morgan fingerprint density at radius 2 is 1.84 bits per heavy atom. The van der Waals surface area contributed by atoms with Crippen molar-refractivity contribution < 1.29 is 23.8 Å². The topological polar surface area (TPSA) is 77.1 Å². The molecule has 0 bridgehead atoms. The number of ether oxygens (including phenoxy) is 3. The van der Waals surface area contributed by atoms with Gasteiger partial charge < -0.3 is 24.4 Å². The van der Waals surface area contributed by atoms with Crippen LogP contribution in [0, 0.1) is 5.41 Å². The molecule has 5 rings (SSSR count). The summed E-state index contributed by atoms with van der Waals surface area (Å²) < 4.78 is 17.3. The van der Waals surface area contributed by atoms with E-state index in [1.165, 1.54) is 5.56 Å². The summed E-state index contributed by atoms with van der Waals surface area (Å²) in [6, 6.07) is 11.7. The first kappa shape index (κ1) is 25.7. The quantitative estimate of drug-likeness (QED) is 0.620. The number of rotatable bonds is 2. The van der Waals surface area contributed by atoms with Gasteiger partial charge in [-0.05, 0) is 68.4 Å². The molecule has 198 valence electrons. The Bertz CT molecular complexity index is 1150. The Morgan fingerprint density at radius 3 is 2.68 bits per heavy atom. The zero-order valence-electron chi connectivity index (χ0n) is 21.4. The van der Waals surface area contributed by atoms with Crippen molar-refractivity contribution in [3.05, 3.63) is 52.5 Å². The lowest BCUT2D eigenvalue weighted by atomic mass is 9.73. The lowest BCUT2D eigenvalue weighted by molar-refractivity contribution is -0.141. The van der Waals surface area contributed by atoms with Gasteiger partial charge in [0.1, 0.15) is 25.6 Å². The van der Waals surface area contributed by atoms with Crippen LogP contribution in [0.1, 0.15) is 50.2 Å². The number of halogens is 1. The van der Waals surface area contributed by atoms with Gasteiger partial charge in [-0.15, -0.1) is 0 Å². The Morgan fingerprint density at radius 1 is 1.05 bits per heavy atom. The van der Waals surface area contributed by atoms with E-state index in [4.69, 9.17) is 25.8 Å². The van der Waals surface area contributed by atoms with E-state index < -0.39 is 5.41 Å². The van der Waals surface area contributed by atoms with Gasteiger partial charge >= 0.3 is 0 Å². The van der Waals surface area contributed by atoms with Crippen LogP contribution in [-0.4, -0.2) is 55.7 Å². The minimum absolute atomic E-state index is 0.0366. The highest BCUT2D eigenvalue weighted by Gasteiger charge is 2.42. The number of benzene rings is 2. The van der Waals surface area contributed by atoms with Crippen molar-refractivity contribution in [2.24, 2.45) is 5.41 Å². The number of piperidine rings is 1. The molecule has 0 aromatic heterocycles. The number of fused-ring (bicyclic) bond motifs is 2. The van der Waals surface area contributed by atoms with E-state index in [-0.39, 0.29) is 24.3 Å². The predicted molar refractivity (Wildman–Crippen MR) is 141 cm³/mol. The molecule has 1 saturated heterocycles. The molecule has 2 amide bonds. The van der Waals surface area contributed by atoms with E-state index in [2.05, 4.69) is 11.4 Å². The summed E-state index contributed by atoms with van der Waals surface area (Å²) in [4.78, 5) is 28.5. The van der Waals surface area contributed by atoms with Crippen molar-refractivity contribution in [3.63, 3.8) is 0 Å². The second-order valence-electron chi connectivity index (χ2n) is 10.4. The van der Waals surface area contributed by atoms with Crippen LogP contribution in [0.4, 0.5) is 0 Å². The summed E-state index contributed by atoms with van der Waals surface area (Å²) in [5.41, 5.74) is 1.57. The summed E-state index contributed by atoms with van der Waals surface area (Å²) in [6.45, 7) is 4.48. The lowest BCUT2D eigenvalue weighted by Crippen LogP contribution is -2.52. The Balaban J connectivity index is 1.23. The largest absolute Gasteiger partial charge is 0.491 e. The Kier molecular flexibility index (Phi) is 7.79. The minimum Gasteiger partial charge on any atom is -0.491 e. The van der Waals surface area contributed by atoms with E-state index in [0.29, 0.717) is 62.3 Å². The maximum Gasteiger partial charge on any atom is 0.226 e. The summed E-state index contributed by atoms with van der Waals surface area (Å²) in [6.07, 6.45) is 5.29. The fourth-order valence-corrected chi connectivity index (χ4v) is 5.88. The number of hydrogen-bond acceptors (Lipinski definition) is 5. The predicted octanol–water partition coefficient (Wildman–Crippen LogP) is 4.57. The number of likely N-dealkylation sites (tertiary alicyclic amines) is 1.